The number of amides is 2. The molecule has 1 fully saturated rings. The number of carbonyl (C=O) groups is 3. The molecule has 2 N–H and O–H groups in total. The molecule has 25 heavy (non-hydrogen) atoms. The van der Waals surface area contributed by atoms with Crippen molar-refractivity contribution in [2.45, 2.75) is 32.6 Å². The maximum absolute atomic E-state index is 12.1. The van der Waals surface area contributed by atoms with Gasteiger partial charge in [-0.15, -0.1) is 5.06 Å². The molecule has 8 heteroatoms. The highest BCUT2D eigenvalue weighted by Gasteiger charge is 2.32. The molecule has 1 aliphatic rings. The fourth-order valence-corrected chi connectivity index (χ4v) is 2.73. The molecule has 0 radical (unpaired) electrons. The largest absolute Gasteiger partial charge is 0.422 e. The predicted molar refractivity (Wildman–Crippen MR) is 87.1 cm³/mol. The molecular formula is C17H16N2O6. The Bertz CT molecular complexity index is 930. The van der Waals surface area contributed by atoms with Gasteiger partial charge in [-0.3, -0.25) is 9.59 Å². The predicted octanol–water partition coefficient (Wildman–Crippen LogP) is 1.22. The third-order valence-corrected chi connectivity index (χ3v) is 4.09. The van der Waals surface area contributed by atoms with Crippen molar-refractivity contribution in [3.8, 4) is 0 Å². The van der Waals surface area contributed by atoms with E-state index in [1.807, 2.05) is 0 Å². The highest BCUT2D eigenvalue weighted by atomic mass is 16.7. The van der Waals surface area contributed by atoms with E-state index in [1.165, 1.54) is 0 Å². The zero-order chi connectivity index (χ0) is 18.1. The molecule has 0 unspecified atom stereocenters. The third-order valence-electron chi connectivity index (χ3n) is 4.09. The van der Waals surface area contributed by atoms with E-state index in [-0.39, 0.29) is 25.7 Å². The second-order valence-electron chi connectivity index (χ2n) is 5.79. The molecule has 0 spiro atoms. The number of carbonyl (C=O) groups excluding carboxylic acids is 3. The van der Waals surface area contributed by atoms with Crippen LogP contribution in [0.5, 0.6) is 0 Å². The number of hydrogen-bond acceptors (Lipinski definition) is 7. The number of nitrogens with zero attached hydrogens (tertiary/aromatic N) is 1. The van der Waals surface area contributed by atoms with E-state index in [9.17, 15) is 19.2 Å². The van der Waals surface area contributed by atoms with Crippen molar-refractivity contribution >= 4 is 34.4 Å². The Morgan fingerprint density at radius 2 is 1.92 bits per heavy atom. The molecule has 1 aromatic carbocycles. The summed E-state index contributed by atoms with van der Waals surface area (Å²) < 4.78 is 5.25. The summed E-state index contributed by atoms with van der Waals surface area (Å²) in [5.41, 5.74) is 7.00. The van der Waals surface area contributed by atoms with Crippen LogP contribution in [0.2, 0.25) is 0 Å². The van der Waals surface area contributed by atoms with Crippen LogP contribution in [0.15, 0.2) is 27.4 Å². The Kier molecular flexibility index (Phi) is 4.26. The van der Waals surface area contributed by atoms with E-state index in [1.54, 1.807) is 25.1 Å². The van der Waals surface area contributed by atoms with E-state index in [0.29, 0.717) is 27.5 Å². The minimum absolute atomic E-state index is 0.0304. The van der Waals surface area contributed by atoms with Crippen LogP contribution in [0.25, 0.3) is 11.0 Å². The zero-order valence-corrected chi connectivity index (χ0v) is 13.5. The van der Waals surface area contributed by atoms with Gasteiger partial charge >= 0.3 is 11.6 Å². The zero-order valence-electron chi connectivity index (χ0n) is 13.5. The number of rotatable bonds is 4. The van der Waals surface area contributed by atoms with Crippen LogP contribution in [-0.2, 0) is 25.6 Å². The number of hydroxylamine groups is 2. The van der Waals surface area contributed by atoms with Crippen molar-refractivity contribution in [3.05, 3.63) is 39.7 Å². The lowest BCUT2D eigenvalue weighted by molar-refractivity contribution is -0.197. The number of imide groups is 1. The summed E-state index contributed by atoms with van der Waals surface area (Å²) in [5, 5.41) is 1.21. The molecule has 0 saturated carbocycles. The lowest BCUT2D eigenvalue weighted by atomic mass is 10.0. The van der Waals surface area contributed by atoms with Gasteiger partial charge in [-0.1, -0.05) is 0 Å². The van der Waals surface area contributed by atoms with Gasteiger partial charge in [0.2, 0.25) is 0 Å². The molecular weight excluding hydrogens is 328 g/mol. The number of hydrogen-bond donors (Lipinski definition) is 1. The van der Waals surface area contributed by atoms with Crippen molar-refractivity contribution in [2.24, 2.45) is 0 Å². The molecule has 2 heterocycles. The SMILES string of the molecule is Cc1c(CCC(=O)ON2C(=O)CCC2=O)c(=O)oc2cc(N)ccc12. The van der Waals surface area contributed by atoms with Gasteiger partial charge in [-0.05, 0) is 31.0 Å². The van der Waals surface area contributed by atoms with E-state index in [2.05, 4.69) is 0 Å². The van der Waals surface area contributed by atoms with Crippen LogP contribution in [0.4, 0.5) is 5.69 Å². The Labute approximate surface area is 142 Å². The molecule has 3 rings (SSSR count). The molecule has 2 amide bonds. The maximum Gasteiger partial charge on any atom is 0.339 e. The Balaban J connectivity index is 1.76. The van der Waals surface area contributed by atoms with Crippen LogP contribution < -0.4 is 11.4 Å². The minimum Gasteiger partial charge on any atom is -0.422 e. The summed E-state index contributed by atoms with van der Waals surface area (Å²) in [7, 11) is 0. The number of nitrogens with two attached hydrogens (primary N) is 1. The molecule has 1 aliphatic heterocycles. The van der Waals surface area contributed by atoms with Crippen molar-refractivity contribution in [2.75, 3.05) is 5.73 Å². The second-order valence-corrected chi connectivity index (χ2v) is 5.79. The summed E-state index contributed by atoms with van der Waals surface area (Å²) in [5.74, 6) is -1.85. The van der Waals surface area contributed by atoms with E-state index < -0.39 is 23.4 Å². The number of nitrogen functional groups attached to an aromatic ring is 1. The van der Waals surface area contributed by atoms with Crippen LogP contribution >= 0.6 is 0 Å². The van der Waals surface area contributed by atoms with Crippen LogP contribution in [0.1, 0.15) is 30.4 Å². The van der Waals surface area contributed by atoms with Crippen LogP contribution in [0, 0.1) is 6.92 Å². The topological polar surface area (TPSA) is 120 Å². The van der Waals surface area contributed by atoms with Gasteiger partial charge in [0.25, 0.3) is 11.8 Å². The van der Waals surface area contributed by atoms with Gasteiger partial charge in [0.15, 0.2) is 0 Å². The molecule has 1 saturated heterocycles. The highest BCUT2D eigenvalue weighted by Crippen LogP contribution is 2.22. The normalized spacial score (nSPS) is 14.4. The average molecular weight is 344 g/mol. The minimum atomic E-state index is -0.764. The van der Waals surface area contributed by atoms with E-state index in [4.69, 9.17) is 15.0 Å². The number of anilines is 1. The van der Waals surface area contributed by atoms with Gasteiger partial charge in [0.1, 0.15) is 5.58 Å². The molecule has 2 aromatic rings. The van der Waals surface area contributed by atoms with Crippen molar-refractivity contribution in [3.63, 3.8) is 0 Å². The highest BCUT2D eigenvalue weighted by molar-refractivity contribution is 6.01. The Morgan fingerprint density at radius 1 is 1.24 bits per heavy atom. The van der Waals surface area contributed by atoms with Crippen molar-refractivity contribution in [1.29, 1.82) is 0 Å². The van der Waals surface area contributed by atoms with Gasteiger partial charge in [-0.2, -0.15) is 0 Å². The third kappa shape index (κ3) is 3.23. The fourth-order valence-electron chi connectivity index (χ4n) is 2.73. The Morgan fingerprint density at radius 3 is 2.60 bits per heavy atom. The summed E-state index contributed by atoms with van der Waals surface area (Å²) in [6.07, 6.45) is -0.0299. The van der Waals surface area contributed by atoms with Gasteiger partial charge in [0.05, 0.1) is 6.42 Å². The summed E-state index contributed by atoms with van der Waals surface area (Å²) >= 11 is 0. The lowest BCUT2D eigenvalue weighted by Gasteiger charge is -2.13. The smallest absolute Gasteiger partial charge is 0.339 e. The van der Waals surface area contributed by atoms with E-state index >= 15 is 0 Å². The number of fused-ring (bicyclic) bond motifs is 1. The van der Waals surface area contributed by atoms with Crippen LogP contribution in [-0.4, -0.2) is 22.8 Å². The maximum atomic E-state index is 12.1. The van der Waals surface area contributed by atoms with Gasteiger partial charge < -0.3 is 15.0 Å². The summed E-state index contributed by atoms with van der Waals surface area (Å²) in [6, 6.07) is 5.00. The molecule has 0 bridgehead atoms. The molecule has 0 atom stereocenters. The van der Waals surface area contributed by atoms with Crippen molar-refractivity contribution in [1.82, 2.24) is 5.06 Å². The standard InChI is InChI=1S/C17H16N2O6/c1-9-11-3-2-10(18)8-13(11)24-17(23)12(9)4-7-16(22)25-19-14(20)5-6-15(19)21/h2-3,8H,4-7,18H2,1H3. The lowest BCUT2D eigenvalue weighted by Crippen LogP contribution is -2.32. The second kappa shape index (κ2) is 6.39. The summed E-state index contributed by atoms with van der Waals surface area (Å²) in [4.78, 5) is 51.7. The van der Waals surface area contributed by atoms with Crippen molar-refractivity contribution < 1.29 is 23.6 Å². The van der Waals surface area contributed by atoms with Gasteiger partial charge in [0, 0.05) is 35.5 Å². The van der Waals surface area contributed by atoms with Gasteiger partial charge in [-0.25, -0.2) is 9.59 Å². The monoisotopic (exact) mass is 344 g/mol. The first-order valence-corrected chi connectivity index (χ1v) is 7.75. The Hall–Kier alpha value is -3.16. The fraction of sp³-hybridized carbons (Fsp3) is 0.294. The quantitative estimate of drug-likeness (QED) is 0.503. The summed E-state index contributed by atoms with van der Waals surface area (Å²) in [6.45, 7) is 1.75. The molecule has 0 aliphatic carbocycles. The van der Waals surface area contributed by atoms with E-state index in [0.717, 1.165) is 5.39 Å². The first kappa shape index (κ1) is 16.7. The van der Waals surface area contributed by atoms with Crippen LogP contribution in [0.3, 0.4) is 0 Å². The molecule has 130 valence electrons. The first-order chi connectivity index (χ1) is 11.9. The number of benzene rings is 1. The molecule has 8 nitrogen and oxygen atoms in total. The molecule has 1 aromatic heterocycles. The number of aryl methyl sites for hydroxylation is 1. The first-order valence-electron chi connectivity index (χ1n) is 7.75. The average Bonchev–Trinajstić information content (AvgIpc) is 2.86.